The standard InChI is InChI=1S/C17H19N3O3/c1-10-15(11(2)23-19-10)16-14(8-9-21)20(3)18-17(16)12-4-6-13(22)7-5-12/h4-7,21-22H,8-9H2,1-3H3. The number of hydrogen-bond acceptors (Lipinski definition) is 5. The summed E-state index contributed by atoms with van der Waals surface area (Å²) in [7, 11) is 1.86. The minimum atomic E-state index is 0.0327. The normalized spacial score (nSPS) is 11.1. The minimum absolute atomic E-state index is 0.0327. The van der Waals surface area contributed by atoms with Crippen LogP contribution in [0, 0.1) is 13.8 Å². The zero-order valence-electron chi connectivity index (χ0n) is 13.4. The first-order valence-electron chi connectivity index (χ1n) is 7.42. The van der Waals surface area contributed by atoms with E-state index < -0.39 is 0 Å². The van der Waals surface area contributed by atoms with Crippen LogP contribution < -0.4 is 0 Å². The van der Waals surface area contributed by atoms with Gasteiger partial charge in [0.15, 0.2) is 0 Å². The van der Waals surface area contributed by atoms with Gasteiger partial charge in [0.1, 0.15) is 17.2 Å². The lowest BCUT2D eigenvalue weighted by Crippen LogP contribution is -2.02. The summed E-state index contributed by atoms with van der Waals surface area (Å²) in [4.78, 5) is 0. The highest BCUT2D eigenvalue weighted by atomic mass is 16.5. The molecular formula is C17H19N3O3. The predicted molar refractivity (Wildman–Crippen MR) is 86.1 cm³/mol. The third-order valence-corrected chi connectivity index (χ3v) is 3.94. The van der Waals surface area contributed by atoms with Crippen molar-refractivity contribution in [1.82, 2.24) is 14.9 Å². The van der Waals surface area contributed by atoms with E-state index in [0.717, 1.165) is 39.5 Å². The van der Waals surface area contributed by atoms with E-state index in [1.165, 1.54) is 0 Å². The summed E-state index contributed by atoms with van der Waals surface area (Å²) in [5.74, 6) is 0.925. The van der Waals surface area contributed by atoms with Crippen molar-refractivity contribution in [3.8, 4) is 28.1 Å². The topological polar surface area (TPSA) is 84.3 Å². The van der Waals surface area contributed by atoms with Crippen LogP contribution in [-0.4, -0.2) is 31.8 Å². The SMILES string of the molecule is Cc1noc(C)c1-c1c(-c2ccc(O)cc2)nn(C)c1CCO. The van der Waals surface area contributed by atoms with Gasteiger partial charge in [0.05, 0.1) is 11.3 Å². The molecule has 0 amide bonds. The average Bonchev–Trinajstić information content (AvgIpc) is 3.01. The molecule has 0 saturated carbocycles. The first-order valence-corrected chi connectivity index (χ1v) is 7.42. The van der Waals surface area contributed by atoms with E-state index >= 15 is 0 Å². The number of nitrogens with zero attached hydrogens (tertiary/aromatic N) is 3. The molecule has 0 bridgehead atoms. The highest BCUT2D eigenvalue weighted by molar-refractivity contribution is 5.84. The number of benzene rings is 1. The van der Waals surface area contributed by atoms with Crippen molar-refractivity contribution in [2.75, 3.05) is 6.61 Å². The molecule has 6 nitrogen and oxygen atoms in total. The number of aryl methyl sites for hydroxylation is 3. The van der Waals surface area contributed by atoms with Gasteiger partial charge in [-0.15, -0.1) is 0 Å². The van der Waals surface area contributed by atoms with Gasteiger partial charge in [0, 0.05) is 36.9 Å². The predicted octanol–water partition coefficient (Wildman–Crippen LogP) is 2.60. The van der Waals surface area contributed by atoms with Crippen LogP contribution >= 0.6 is 0 Å². The molecule has 3 rings (SSSR count). The van der Waals surface area contributed by atoms with Gasteiger partial charge in [-0.2, -0.15) is 5.10 Å². The molecule has 23 heavy (non-hydrogen) atoms. The Hall–Kier alpha value is -2.60. The Kier molecular flexibility index (Phi) is 3.92. The van der Waals surface area contributed by atoms with E-state index in [4.69, 9.17) is 4.52 Å². The van der Waals surface area contributed by atoms with Gasteiger partial charge >= 0.3 is 0 Å². The van der Waals surface area contributed by atoms with Gasteiger partial charge in [0.25, 0.3) is 0 Å². The smallest absolute Gasteiger partial charge is 0.141 e. The van der Waals surface area contributed by atoms with Crippen molar-refractivity contribution < 1.29 is 14.7 Å². The molecule has 0 atom stereocenters. The second-order valence-corrected chi connectivity index (χ2v) is 5.51. The van der Waals surface area contributed by atoms with Crippen LogP contribution in [0.2, 0.25) is 0 Å². The molecule has 0 aliphatic carbocycles. The van der Waals surface area contributed by atoms with E-state index in [0.29, 0.717) is 6.42 Å². The van der Waals surface area contributed by atoms with Crippen molar-refractivity contribution >= 4 is 0 Å². The Morgan fingerprint density at radius 1 is 1.13 bits per heavy atom. The summed E-state index contributed by atoms with van der Waals surface area (Å²) in [5, 5.41) is 27.6. The molecule has 0 spiro atoms. The number of aromatic hydroxyl groups is 1. The maximum atomic E-state index is 9.51. The van der Waals surface area contributed by atoms with Gasteiger partial charge in [-0.05, 0) is 38.1 Å². The monoisotopic (exact) mass is 313 g/mol. The maximum Gasteiger partial charge on any atom is 0.141 e. The van der Waals surface area contributed by atoms with Crippen molar-refractivity contribution in [2.24, 2.45) is 7.05 Å². The van der Waals surface area contributed by atoms with Crippen LogP contribution in [0.1, 0.15) is 17.1 Å². The molecule has 0 unspecified atom stereocenters. The van der Waals surface area contributed by atoms with Crippen LogP contribution in [0.4, 0.5) is 0 Å². The molecule has 120 valence electrons. The second-order valence-electron chi connectivity index (χ2n) is 5.51. The van der Waals surface area contributed by atoms with Gasteiger partial charge in [0.2, 0.25) is 0 Å². The van der Waals surface area contributed by atoms with E-state index in [2.05, 4.69) is 10.3 Å². The second kappa shape index (κ2) is 5.89. The van der Waals surface area contributed by atoms with Gasteiger partial charge in [-0.1, -0.05) is 5.16 Å². The lowest BCUT2D eigenvalue weighted by molar-refractivity contribution is 0.296. The average molecular weight is 313 g/mol. The molecule has 2 heterocycles. The fraction of sp³-hybridized carbons (Fsp3) is 0.294. The van der Waals surface area contributed by atoms with Gasteiger partial charge in [-0.3, -0.25) is 4.68 Å². The number of phenolic OH excluding ortho intramolecular Hbond substituents is 1. The van der Waals surface area contributed by atoms with Gasteiger partial charge < -0.3 is 14.7 Å². The van der Waals surface area contributed by atoms with E-state index in [-0.39, 0.29) is 12.4 Å². The zero-order chi connectivity index (χ0) is 16.6. The largest absolute Gasteiger partial charge is 0.508 e. The summed E-state index contributed by atoms with van der Waals surface area (Å²) in [6.07, 6.45) is 0.487. The molecule has 0 aliphatic rings. The highest BCUT2D eigenvalue weighted by Crippen LogP contribution is 2.38. The lowest BCUT2D eigenvalue weighted by Gasteiger charge is -2.06. The third kappa shape index (κ3) is 2.61. The van der Waals surface area contributed by atoms with Crippen LogP contribution in [0.3, 0.4) is 0 Å². The number of aliphatic hydroxyl groups excluding tert-OH is 1. The Morgan fingerprint density at radius 3 is 2.39 bits per heavy atom. The van der Waals surface area contributed by atoms with Crippen molar-refractivity contribution in [3.63, 3.8) is 0 Å². The highest BCUT2D eigenvalue weighted by Gasteiger charge is 2.24. The summed E-state index contributed by atoms with van der Waals surface area (Å²) in [6, 6.07) is 6.91. The van der Waals surface area contributed by atoms with Crippen molar-refractivity contribution in [2.45, 2.75) is 20.3 Å². The van der Waals surface area contributed by atoms with E-state index in [9.17, 15) is 10.2 Å². The number of phenols is 1. The molecular weight excluding hydrogens is 294 g/mol. The van der Waals surface area contributed by atoms with Crippen molar-refractivity contribution in [3.05, 3.63) is 41.4 Å². The fourth-order valence-electron chi connectivity index (χ4n) is 2.88. The molecule has 0 saturated heterocycles. The van der Waals surface area contributed by atoms with Crippen LogP contribution in [0.15, 0.2) is 28.8 Å². The number of rotatable bonds is 4. The first-order chi connectivity index (χ1) is 11.0. The summed E-state index contributed by atoms with van der Waals surface area (Å²) in [5.41, 5.74) is 5.20. The maximum absolute atomic E-state index is 9.51. The molecule has 2 N–H and O–H groups in total. The van der Waals surface area contributed by atoms with Crippen LogP contribution in [0.25, 0.3) is 22.4 Å². The molecule has 1 aromatic carbocycles. The fourth-order valence-corrected chi connectivity index (χ4v) is 2.88. The Morgan fingerprint density at radius 2 is 1.83 bits per heavy atom. The van der Waals surface area contributed by atoms with E-state index in [1.54, 1.807) is 16.8 Å². The Balaban J connectivity index is 2.28. The summed E-state index contributed by atoms with van der Waals surface area (Å²) >= 11 is 0. The van der Waals surface area contributed by atoms with Crippen molar-refractivity contribution in [1.29, 1.82) is 0 Å². The Bertz CT molecular complexity index is 812. The van der Waals surface area contributed by atoms with Gasteiger partial charge in [-0.25, -0.2) is 0 Å². The molecule has 6 heteroatoms. The molecule has 2 aromatic heterocycles. The number of aromatic nitrogens is 3. The molecule has 3 aromatic rings. The van der Waals surface area contributed by atoms with E-state index in [1.807, 2.05) is 33.0 Å². The number of hydrogen-bond donors (Lipinski definition) is 2. The first kappa shape index (κ1) is 15.3. The summed E-state index contributed by atoms with van der Waals surface area (Å²) < 4.78 is 7.09. The quantitative estimate of drug-likeness (QED) is 0.773. The van der Waals surface area contributed by atoms with Crippen LogP contribution in [-0.2, 0) is 13.5 Å². The zero-order valence-corrected chi connectivity index (χ0v) is 13.4. The van der Waals surface area contributed by atoms with Crippen LogP contribution in [0.5, 0.6) is 5.75 Å². The third-order valence-electron chi connectivity index (χ3n) is 3.94. The molecule has 0 fully saturated rings. The minimum Gasteiger partial charge on any atom is -0.508 e. The molecule has 0 aliphatic heterocycles. The molecule has 0 radical (unpaired) electrons. The number of aliphatic hydroxyl groups is 1. The lowest BCUT2D eigenvalue weighted by atomic mass is 9.96. The Labute approximate surface area is 134 Å². The summed E-state index contributed by atoms with van der Waals surface area (Å²) in [6.45, 7) is 3.79.